The Labute approximate surface area is 155 Å². The molecule has 0 atom stereocenters. The van der Waals surface area contributed by atoms with E-state index in [4.69, 9.17) is 0 Å². The van der Waals surface area contributed by atoms with Gasteiger partial charge in [-0.2, -0.15) is 0 Å². The highest BCUT2D eigenvalue weighted by atomic mass is 31.1. The van der Waals surface area contributed by atoms with Crippen LogP contribution in [0.25, 0.3) is 0 Å². The van der Waals surface area contributed by atoms with Gasteiger partial charge in [-0.15, -0.1) is 0 Å². The molecule has 0 saturated heterocycles. The first-order valence-corrected chi connectivity index (χ1v) is 10.6. The van der Waals surface area contributed by atoms with Crippen LogP contribution in [0.15, 0.2) is 78.9 Å². The van der Waals surface area contributed by atoms with Crippen molar-refractivity contribution in [3.63, 3.8) is 0 Å². The van der Waals surface area contributed by atoms with E-state index in [2.05, 4.69) is 92.7 Å². The maximum absolute atomic E-state index is 2.33. The summed E-state index contributed by atoms with van der Waals surface area (Å²) in [5.41, 5.74) is 2.67. The lowest BCUT2D eigenvalue weighted by molar-refractivity contribution is 1.40. The molecule has 3 aromatic carbocycles. The van der Waals surface area contributed by atoms with Crippen LogP contribution in [-0.2, 0) is 0 Å². The Bertz CT molecular complexity index is 658. The van der Waals surface area contributed by atoms with Crippen molar-refractivity contribution in [2.75, 3.05) is 0 Å². The van der Waals surface area contributed by atoms with Gasteiger partial charge in [0, 0.05) is 0 Å². The van der Waals surface area contributed by atoms with E-state index in [-0.39, 0.29) is 0 Å². The average Bonchev–Trinajstić information content (AvgIpc) is 2.66. The largest absolute Gasteiger partial charge is 0.0683 e. The molecule has 25 heavy (non-hydrogen) atoms. The molecule has 0 N–H and O–H groups in total. The van der Waals surface area contributed by atoms with Crippen LogP contribution < -0.4 is 15.9 Å². The van der Waals surface area contributed by atoms with Crippen molar-refractivity contribution in [3.8, 4) is 0 Å². The third-order valence-electron chi connectivity index (χ3n) is 3.49. The second-order valence-corrected chi connectivity index (χ2v) is 7.57. The third kappa shape index (κ3) is 6.15. The van der Waals surface area contributed by atoms with Gasteiger partial charge in [0.2, 0.25) is 0 Å². The summed E-state index contributed by atoms with van der Waals surface area (Å²) in [6.45, 7) is 12.4. The molecule has 0 aromatic heterocycles. The monoisotopic (exact) mass is 350 g/mol. The van der Waals surface area contributed by atoms with Gasteiger partial charge in [-0.1, -0.05) is 118 Å². The first-order chi connectivity index (χ1) is 12.2. The molecular formula is C24H31P. The van der Waals surface area contributed by atoms with Crippen molar-refractivity contribution in [1.82, 2.24) is 0 Å². The Kier molecular flexibility index (Phi) is 9.81. The molecule has 0 unspecified atom stereocenters. The second kappa shape index (κ2) is 11.6. The molecule has 0 amide bonds. The summed E-state index contributed by atoms with van der Waals surface area (Å²) >= 11 is 0. The molecule has 0 nitrogen and oxygen atoms in total. The second-order valence-electron chi connectivity index (χ2n) is 5.35. The molecule has 1 heteroatoms. The summed E-state index contributed by atoms with van der Waals surface area (Å²) in [6, 6.07) is 28.6. The fraction of sp³-hybridized carbons (Fsp3) is 0.250. The number of hydrogen-bond acceptors (Lipinski definition) is 0. The van der Waals surface area contributed by atoms with Crippen molar-refractivity contribution < 1.29 is 0 Å². The van der Waals surface area contributed by atoms with E-state index < -0.39 is 7.92 Å². The lowest BCUT2D eigenvalue weighted by Crippen LogP contribution is -2.21. The molecule has 0 saturated carbocycles. The zero-order valence-corrected chi connectivity index (χ0v) is 17.3. The van der Waals surface area contributed by atoms with Crippen LogP contribution in [0.4, 0.5) is 0 Å². The summed E-state index contributed by atoms with van der Waals surface area (Å²) < 4.78 is 0. The van der Waals surface area contributed by atoms with E-state index in [1.807, 2.05) is 27.7 Å². The van der Waals surface area contributed by atoms with Crippen molar-refractivity contribution in [2.45, 2.75) is 41.5 Å². The molecule has 0 fully saturated rings. The van der Waals surface area contributed by atoms with Gasteiger partial charge in [0.25, 0.3) is 0 Å². The Morgan fingerprint density at radius 3 is 1.20 bits per heavy atom. The highest BCUT2D eigenvalue weighted by Crippen LogP contribution is 2.33. The summed E-state index contributed by atoms with van der Waals surface area (Å²) in [7, 11) is -0.478. The fourth-order valence-corrected chi connectivity index (χ4v) is 5.18. The van der Waals surface area contributed by atoms with Gasteiger partial charge in [0.15, 0.2) is 0 Å². The smallest absolute Gasteiger partial charge is 0.0134 e. The Balaban J connectivity index is 0.000000730. The van der Waals surface area contributed by atoms with Crippen LogP contribution in [0.1, 0.15) is 38.8 Å². The first-order valence-electron chi connectivity index (χ1n) is 9.22. The zero-order valence-electron chi connectivity index (χ0n) is 16.5. The van der Waals surface area contributed by atoms with Gasteiger partial charge in [0.1, 0.15) is 0 Å². The predicted molar refractivity (Wildman–Crippen MR) is 117 cm³/mol. The topological polar surface area (TPSA) is 0 Å². The van der Waals surface area contributed by atoms with Crippen LogP contribution in [0.5, 0.6) is 0 Å². The molecule has 3 rings (SSSR count). The quantitative estimate of drug-likeness (QED) is 0.500. The Hall–Kier alpha value is -1.91. The molecule has 0 spiro atoms. The maximum atomic E-state index is 2.33. The molecule has 132 valence electrons. The van der Waals surface area contributed by atoms with E-state index in [0.29, 0.717) is 0 Å². The van der Waals surface area contributed by atoms with E-state index in [1.54, 1.807) is 0 Å². The molecule has 0 aliphatic rings. The molecule has 0 aliphatic heterocycles. The van der Waals surface area contributed by atoms with E-state index >= 15 is 0 Å². The van der Waals surface area contributed by atoms with Crippen molar-refractivity contribution in [1.29, 1.82) is 0 Å². The summed E-state index contributed by atoms with van der Waals surface area (Å²) in [5, 5.41) is 4.24. The van der Waals surface area contributed by atoms with Gasteiger partial charge >= 0.3 is 0 Å². The Morgan fingerprint density at radius 2 is 0.840 bits per heavy atom. The Morgan fingerprint density at radius 1 is 0.480 bits per heavy atom. The molecule has 0 heterocycles. The van der Waals surface area contributed by atoms with E-state index in [0.717, 1.165) is 0 Å². The standard InChI is InChI=1S/C20H19P.2C2H6/c1-16-13-17(2)15-20(14-16)21(18-9-5-3-6-10-18)19-11-7-4-8-12-19;2*1-2/h3-15H,1-2H3;2*1-2H3. The van der Waals surface area contributed by atoms with Crippen molar-refractivity contribution in [2.24, 2.45) is 0 Å². The average molecular weight is 350 g/mol. The number of aryl methyl sites for hydroxylation is 2. The molecule has 3 aromatic rings. The molecule has 0 bridgehead atoms. The van der Waals surface area contributed by atoms with E-state index in [9.17, 15) is 0 Å². The molecular weight excluding hydrogens is 319 g/mol. The minimum Gasteiger partial charge on any atom is -0.0683 e. The highest BCUT2D eigenvalue weighted by molar-refractivity contribution is 7.79. The van der Waals surface area contributed by atoms with Crippen LogP contribution in [0.3, 0.4) is 0 Å². The van der Waals surface area contributed by atoms with Crippen LogP contribution >= 0.6 is 7.92 Å². The predicted octanol–water partition coefficient (Wildman–Crippen LogP) is 6.11. The van der Waals surface area contributed by atoms with Gasteiger partial charge in [-0.25, -0.2) is 0 Å². The minimum absolute atomic E-state index is 0.478. The van der Waals surface area contributed by atoms with Crippen LogP contribution in [-0.4, -0.2) is 0 Å². The van der Waals surface area contributed by atoms with Gasteiger partial charge < -0.3 is 0 Å². The highest BCUT2D eigenvalue weighted by Gasteiger charge is 2.16. The third-order valence-corrected chi connectivity index (χ3v) is 5.90. The number of hydrogen-bond donors (Lipinski definition) is 0. The van der Waals surface area contributed by atoms with E-state index in [1.165, 1.54) is 27.0 Å². The number of benzene rings is 3. The van der Waals surface area contributed by atoms with Crippen LogP contribution in [0, 0.1) is 13.8 Å². The van der Waals surface area contributed by atoms with Gasteiger partial charge in [-0.3, -0.25) is 0 Å². The SMILES string of the molecule is CC.CC.Cc1cc(C)cc(P(c2ccccc2)c2ccccc2)c1. The summed E-state index contributed by atoms with van der Waals surface area (Å²) in [5.74, 6) is 0. The van der Waals surface area contributed by atoms with Crippen molar-refractivity contribution in [3.05, 3.63) is 90.0 Å². The molecule has 0 radical (unpaired) electrons. The lowest BCUT2D eigenvalue weighted by Gasteiger charge is -2.20. The number of rotatable bonds is 3. The molecule has 0 aliphatic carbocycles. The summed E-state index contributed by atoms with van der Waals surface area (Å²) in [4.78, 5) is 0. The maximum Gasteiger partial charge on any atom is -0.0134 e. The van der Waals surface area contributed by atoms with Crippen LogP contribution in [0.2, 0.25) is 0 Å². The first kappa shape index (κ1) is 21.1. The minimum atomic E-state index is -0.478. The lowest BCUT2D eigenvalue weighted by atomic mass is 10.2. The van der Waals surface area contributed by atoms with Gasteiger partial charge in [0.05, 0.1) is 0 Å². The van der Waals surface area contributed by atoms with Gasteiger partial charge in [-0.05, 0) is 37.7 Å². The fourth-order valence-electron chi connectivity index (χ4n) is 2.68. The zero-order chi connectivity index (χ0) is 18.7. The normalized spacial score (nSPS) is 9.56. The summed E-state index contributed by atoms with van der Waals surface area (Å²) in [6.07, 6.45) is 0. The van der Waals surface area contributed by atoms with Crippen molar-refractivity contribution >= 4 is 23.8 Å².